The highest BCUT2D eigenvalue weighted by Crippen LogP contribution is 2.31. The molecule has 2 nitrogen and oxygen atoms in total. The summed E-state index contributed by atoms with van der Waals surface area (Å²) in [7, 11) is 0. The minimum Gasteiger partial charge on any atom is -0.378 e. The molecule has 0 amide bonds. The van der Waals surface area contributed by atoms with Gasteiger partial charge in [0.15, 0.2) is 0 Å². The fraction of sp³-hybridized carbons (Fsp3) is 0.400. The Bertz CT molecular complexity index is 304. The average molecular weight is 321 g/mol. The van der Waals surface area contributed by atoms with Crippen LogP contribution in [0.5, 0.6) is 0 Å². The first-order chi connectivity index (χ1) is 6.79. The summed E-state index contributed by atoms with van der Waals surface area (Å²) in [4.78, 5) is 0. The molecule has 1 N–H and O–H groups in total. The lowest BCUT2D eigenvalue weighted by Crippen LogP contribution is -2.34. The minimum atomic E-state index is 0.286. The van der Waals surface area contributed by atoms with Gasteiger partial charge >= 0.3 is 0 Å². The summed E-state index contributed by atoms with van der Waals surface area (Å²) in [6.45, 7) is 2.46. The molecule has 0 bridgehead atoms. The second-order valence-electron chi connectivity index (χ2n) is 3.22. The Hall–Kier alpha value is 0.1000. The van der Waals surface area contributed by atoms with Gasteiger partial charge in [0.1, 0.15) is 0 Å². The van der Waals surface area contributed by atoms with Crippen molar-refractivity contribution < 1.29 is 4.74 Å². The summed E-state index contributed by atoms with van der Waals surface area (Å²) in [5, 5.41) is 3.43. The van der Waals surface area contributed by atoms with Gasteiger partial charge in [-0.05, 0) is 17.7 Å². The Kier molecular flexibility index (Phi) is 3.60. The summed E-state index contributed by atoms with van der Waals surface area (Å²) in [5.41, 5.74) is 1.24. The zero-order valence-electron chi connectivity index (χ0n) is 7.59. The van der Waals surface area contributed by atoms with Crippen LogP contribution < -0.4 is 5.32 Å². The maximum Gasteiger partial charge on any atom is 0.0662 e. The molecule has 1 aliphatic rings. The number of rotatable bonds is 1. The van der Waals surface area contributed by atoms with E-state index in [0.29, 0.717) is 0 Å². The van der Waals surface area contributed by atoms with E-state index in [1.807, 2.05) is 6.07 Å². The van der Waals surface area contributed by atoms with E-state index in [2.05, 4.69) is 49.3 Å². The second-order valence-corrected chi connectivity index (χ2v) is 4.93. The smallest absolute Gasteiger partial charge is 0.0662 e. The van der Waals surface area contributed by atoms with E-state index >= 15 is 0 Å². The van der Waals surface area contributed by atoms with Crippen LogP contribution in [-0.4, -0.2) is 19.8 Å². The largest absolute Gasteiger partial charge is 0.378 e. The zero-order valence-corrected chi connectivity index (χ0v) is 10.8. The van der Waals surface area contributed by atoms with Crippen LogP contribution in [-0.2, 0) is 4.74 Å². The van der Waals surface area contributed by atoms with Crippen LogP contribution in [0.4, 0.5) is 0 Å². The van der Waals surface area contributed by atoms with Crippen molar-refractivity contribution in [2.75, 3.05) is 19.8 Å². The van der Waals surface area contributed by atoms with Crippen molar-refractivity contribution in [3.63, 3.8) is 0 Å². The molecule has 0 aliphatic carbocycles. The summed E-state index contributed by atoms with van der Waals surface area (Å²) in [5.74, 6) is 0. The molecule has 2 rings (SSSR count). The van der Waals surface area contributed by atoms with Gasteiger partial charge in [-0.15, -0.1) is 0 Å². The quantitative estimate of drug-likeness (QED) is 0.859. The molecule has 0 radical (unpaired) electrons. The second kappa shape index (κ2) is 4.75. The summed E-state index contributed by atoms with van der Waals surface area (Å²) < 4.78 is 7.68. The number of ether oxygens (including phenoxy) is 1. The predicted molar refractivity (Wildman–Crippen MR) is 63.4 cm³/mol. The van der Waals surface area contributed by atoms with E-state index in [4.69, 9.17) is 4.74 Å². The third-order valence-corrected chi connectivity index (χ3v) is 3.65. The predicted octanol–water partition coefficient (Wildman–Crippen LogP) is 2.87. The van der Waals surface area contributed by atoms with E-state index in [9.17, 15) is 0 Å². The van der Waals surface area contributed by atoms with Crippen molar-refractivity contribution in [3.8, 4) is 0 Å². The molecule has 1 aliphatic heterocycles. The van der Waals surface area contributed by atoms with Gasteiger partial charge in [0.05, 0.1) is 19.3 Å². The summed E-state index contributed by atoms with van der Waals surface area (Å²) in [6, 6.07) is 6.40. The fourth-order valence-electron chi connectivity index (χ4n) is 1.59. The maximum atomic E-state index is 5.44. The lowest BCUT2D eigenvalue weighted by atomic mass is 10.1. The fourth-order valence-corrected chi connectivity index (χ4v) is 3.15. The van der Waals surface area contributed by atoms with Crippen molar-refractivity contribution in [2.24, 2.45) is 0 Å². The van der Waals surface area contributed by atoms with Gasteiger partial charge in [-0.1, -0.05) is 37.9 Å². The molecule has 14 heavy (non-hydrogen) atoms. The highest BCUT2D eigenvalue weighted by molar-refractivity contribution is 9.11. The number of nitrogens with one attached hydrogen (secondary N) is 1. The van der Waals surface area contributed by atoms with Crippen LogP contribution in [0.2, 0.25) is 0 Å². The molecule has 1 heterocycles. The van der Waals surface area contributed by atoms with Crippen LogP contribution in [0, 0.1) is 0 Å². The summed E-state index contributed by atoms with van der Waals surface area (Å²) in [6.07, 6.45) is 0. The highest BCUT2D eigenvalue weighted by Gasteiger charge is 2.19. The van der Waals surface area contributed by atoms with Crippen molar-refractivity contribution in [1.82, 2.24) is 5.32 Å². The van der Waals surface area contributed by atoms with Gasteiger partial charge in [-0.25, -0.2) is 0 Å². The molecular weight excluding hydrogens is 310 g/mol. The molecule has 76 valence electrons. The van der Waals surface area contributed by atoms with Gasteiger partial charge in [0, 0.05) is 15.5 Å². The van der Waals surface area contributed by atoms with E-state index in [-0.39, 0.29) is 6.04 Å². The monoisotopic (exact) mass is 319 g/mol. The topological polar surface area (TPSA) is 21.3 Å². The average Bonchev–Trinajstić information content (AvgIpc) is 2.19. The van der Waals surface area contributed by atoms with Gasteiger partial charge in [-0.2, -0.15) is 0 Å². The summed E-state index contributed by atoms with van der Waals surface area (Å²) >= 11 is 7.11. The number of halogens is 2. The van der Waals surface area contributed by atoms with Crippen LogP contribution in [0.25, 0.3) is 0 Å². The normalized spacial score (nSPS) is 22.3. The number of benzene rings is 1. The van der Waals surface area contributed by atoms with Gasteiger partial charge < -0.3 is 10.1 Å². The van der Waals surface area contributed by atoms with Crippen molar-refractivity contribution in [3.05, 3.63) is 32.7 Å². The highest BCUT2D eigenvalue weighted by atomic mass is 79.9. The van der Waals surface area contributed by atoms with Crippen LogP contribution in [0.3, 0.4) is 0 Å². The number of morpholine rings is 1. The zero-order chi connectivity index (χ0) is 9.97. The molecule has 4 heteroatoms. The Morgan fingerprint density at radius 1 is 1.29 bits per heavy atom. The van der Waals surface area contributed by atoms with Crippen molar-refractivity contribution in [2.45, 2.75) is 6.04 Å². The third kappa shape index (κ3) is 2.19. The molecule has 1 saturated heterocycles. The molecule has 0 spiro atoms. The minimum absolute atomic E-state index is 0.286. The molecule has 0 aromatic heterocycles. The van der Waals surface area contributed by atoms with E-state index in [1.165, 1.54) is 5.56 Å². The Morgan fingerprint density at radius 3 is 2.57 bits per heavy atom. The van der Waals surface area contributed by atoms with Crippen LogP contribution in [0.15, 0.2) is 27.1 Å². The molecule has 0 saturated carbocycles. The van der Waals surface area contributed by atoms with E-state index in [1.54, 1.807) is 0 Å². The lowest BCUT2D eigenvalue weighted by molar-refractivity contribution is 0.0764. The Balaban J connectivity index is 2.29. The first-order valence-electron chi connectivity index (χ1n) is 4.54. The standard InChI is InChI=1S/C10H11Br2NO/c11-7-2-1-3-8(12)10(7)9-6-14-5-4-13-9/h1-3,9,13H,4-6H2/t9-/m0/s1. The van der Waals surface area contributed by atoms with E-state index < -0.39 is 0 Å². The molecule has 1 atom stereocenters. The molecule has 1 fully saturated rings. The van der Waals surface area contributed by atoms with Crippen molar-refractivity contribution in [1.29, 1.82) is 0 Å². The van der Waals surface area contributed by atoms with Gasteiger partial charge in [0.2, 0.25) is 0 Å². The molecule has 0 unspecified atom stereocenters. The first-order valence-corrected chi connectivity index (χ1v) is 6.12. The van der Waals surface area contributed by atoms with Gasteiger partial charge in [0.25, 0.3) is 0 Å². The van der Waals surface area contributed by atoms with Crippen molar-refractivity contribution >= 4 is 31.9 Å². The van der Waals surface area contributed by atoms with E-state index in [0.717, 1.165) is 28.7 Å². The number of hydrogen-bond acceptors (Lipinski definition) is 2. The third-order valence-electron chi connectivity index (χ3n) is 2.27. The number of hydrogen-bond donors (Lipinski definition) is 1. The lowest BCUT2D eigenvalue weighted by Gasteiger charge is -2.25. The maximum absolute atomic E-state index is 5.44. The van der Waals surface area contributed by atoms with Crippen LogP contribution in [0.1, 0.15) is 11.6 Å². The Morgan fingerprint density at radius 2 is 2.00 bits per heavy atom. The molecule has 1 aromatic rings. The SMILES string of the molecule is Brc1cccc(Br)c1[C@@H]1COCCN1. The Labute approximate surface area is 100 Å². The first kappa shape index (κ1) is 10.6. The van der Waals surface area contributed by atoms with Crippen LogP contribution >= 0.6 is 31.9 Å². The molecule has 1 aromatic carbocycles. The molecular formula is C10H11Br2NO. The van der Waals surface area contributed by atoms with Gasteiger partial charge in [-0.3, -0.25) is 0 Å².